The van der Waals surface area contributed by atoms with E-state index in [0.29, 0.717) is 18.4 Å². The predicted molar refractivity (Wildman–Crippen MR) is 86.5 cm³/mol. The average Bonchev–Trinajstić information content (AvgIpc) is 2.60. The van der Waals surface area contributed by atoms with E-state index in [1.807, 2.05) is 12.1 Å². The topological polar surface area (TPSA) is 27.7 Å². The van der Waals surface area contributed by atoms with Crippen molar-refractivity contribution in [1.82, 2.24) is 0 Å². The molecule has 1 heterocycles. The van der Waals surface area contributed by atoms with Crippen molar-refractivity contribution in [3.8, 4) is 0 Å². The van der Waals surface area contributed by atoms with E-state index >= 15 is 0 Å². The number of rotatable bonds is 2. The number of halogens is 1. The van der Waals surface area contributed by atoms with Crippen LogP contribution in [0.1, 0.15) is 50.5 Å². The first kappa shape index (κ1) is 15.3. The summed E-state index contributed by atoms with van der Waals surface area (Å²) in [6.45, 7) is 2.64. The first-order valence-corrected chi connectivity index (χ1v) is 9.38. The molecule has 6 rings (SSSR count). The van der Waals surface area contributed by atoms with Gasteiger partial charge in [-0.05, 0) is 61.6 Å². The number of ether oxygens (including phenoxy) is 1. The summed E-state index contributed by atoms with van der Waals surface area (Å²) in [5.74, 6) is 2.15. The minimum Gasteiger partial charge on any atom is -0.344 e. The summed E-state index contributed by atoms with van der Waals surface area (Å²) in [6, 6.07) is 6.62. The Balaban J connectivity index is 1.30. The lowest BCUT2D eigenvalue weighted by atomic mass is 9.53. The summed E-state index contributed by atoms with van der Waals surface area (Å²) >= 11 is 0. The van der Waals surface area contributed by atoms with Crippen LogP contribution in [0.15, 0.2) is 24.3 Å². The second-order valence-electron chi connectivity index (χ2n) is 8.40. The van der Waals surface area contributed by atoms with Crippen LogP contribution in [-0.2, 0) is 14.5 Å². The summed E-state index contributed by atoms with van der Waals surface area (Å²) in [6.07, 6.45) is 6.19. The van der Waals surface area contributed by atoms with Gasteiger partial charge in [-0.3, -0.25) is 0 Å². The molecule has 24 heavy (non-hydrogen) atoms. The molecule has 4 saturated carbocycles. The van der Waals surface area contributed by atoms with Gasteiger partial charge in [0.15, 0.2) is 0 Å². The van der Waals surface area contributed by atoms with Crippen molar-refractivity contribution >= 4 is 0 Å². The molecular formula is C20H25FO3. The normalized spacial score (nSPS) is 44.8. The second kappa shape index (κ2) is 5.52. The zero-order valence-corrected chi connectivity index (χ0v) is 14.1. The third-order valence-electron chi connectivity index (χ3n) is 7.00. The van der Waals surface area contributed by atoms with Crippen molar-refractivity contribution in [1.29, 1.82) is 0 Å². The van der Waals surface area contributed by atoms with E-state index in [0.717, 1.165) is 17.4 Å². The van der Waals surface area contributed by atoms with Crippen LogP contribution in [0.25, 0.3) is 0 Å². The van der Waals surface area contributed by atoms with Gasteiger partial charge in [-0.2, -0.15) is 0 Å². The summed E-state index contributed by atoms with van der Waals surface area (Å²) < 4.78 is 19.5. The maximum atomic E-state index is 13.1. The summed E-state index contributed by atoms with van der Waals surface area (Å²) in [4.78, 5) is 11.9. The van der Waals surface area contributed by atoms with Gasteiger partial charge in [-0.15, -0.1) is 0 Å². The summed E-state index contributed by atoms with van der Waals surface area (Å²) in [5.41, 5.74) is 1.05. The van der Waals surface area contributed by atoms with Crippen LogP contribution in [-0.4, -0.2) is 18.5 Å². The Morgan fingerprint density at radius 1 is 1.00 bits per heavy atom. The van der Waals surface area contributed by atoms with Gasteiger partial charge in [-0.25, -0.2) is 14.2 Å². The average molecular weight is 332 g/mol. The molecule has 4 aliphatic carbocycles. The van der Waals surface area contributed by atoms with Crippen LogP contribution in [0.5, 0.6) is 0 Å². The molecule has 0 radical (unpaired) electrons. The smallest absolute Gasteiger partial charge is 0.207 e. The van der Waals surface area contributed by atoms with Gasteiger partial charge >= 0.3 is 0 Å². The molecule has 0 unspecified atom stereocenters. The largest absolute Gasteiger partial charge is 0.344 e. The maximum Gasteiger partial charge on any atom is 0.207 e. The molecule has 4 heteroatoms. The highest BCUT2D eigenvalue weighted by atomic mass is 19.1. The lowest BCUT2D eigenvalue weighted by Crippen LogP contribution is -2.63. The van der Waals surface area contributed by atoms with Crippen molar-refractivity contribution in [2.45, 2.75) is 56.8 Å². The van der Waals surface area contributed by atoms with E-state index in [-0.39, 0.29) is 17.8 Å². The molecule has 1 aliphatic heterocycles. The van der Waals surface area contributed by atoms with Crippen LogP contribution < -0.4 is 0 Å². The molecule has 1 saturated heterocycles. The van der Waals surface area contributed by atoms with Crippen LogP contribution in [0.2, 0.25) is 0 Å². The molecule has 1 aromatic rings. The predicted octanol–water partition coefficient (Wildman–Crippen LogP) is 4.43. The van der Waals surface area contributed by atoms with Crippen LogP contribution >= 0.6 is 0 Å². The fraction of sp³-hybridized carbons (Fsp3) is 0.700. The third-order valence-corrected chi connectivity index (χ3v) is 7.00. The lowest BCUT2D eigenvalue weighted by Gasteiger charge is -2.60. The second-order valence-corrected chi connectivity index (χ2v) is 8.40. The van der Waals surface area contributed by atoms with Gasteiger partial charge in [-0.1, -0.05) is 19.1 Å². The number of hydrogen-bond acceptors (Lipinski definition) is 3. The van der Waals surface area contributed by atoms with E-state index < -0.39 is 5.79 Å². The molecule has 1 aromatic carbocycles. The number of benzene rings is 1. The van der Waals surface area contributed by atoms with E-state index in [1.54, 1.807) is 0 Å². The zero-order chi connectivity index (χ0) is 16.3. The zero-order valence-electron chi connectivity index (χ0n) is 14.1. The first-order valence-electron chi connectivity index (χ1n) is 9.38. The molecular weight excluding hydrogens is 307 g/mol. The highest BCUT2D eigenvalue weighted by molar-refractivity contribution is 5.21. The van der Waals surface area contributed by atoms with E-state index in [4.69, 9.17) is 14.5 Å². The Morgan fingerprint density at radius 3 is 2.17 bits per heavy atom. The molecule has 0 amide bonds. The van der Waals surface area contributed by atoms with Gasteiger partial charge in [0.05, 0.1) is 6.61 Å². The molecule has 5 aliphatic rings. The lowest BCUT2D eigenvalue weighted by molar-refractivity contribution is -0.526. The Bertz CT molecular complexity index is 576. The highest BCUT2D eigenvalue weighted by Gasteiger charge is 2.61. The molecule has 2 atom stereocenters. The van der Waals surface area contributed by atoms with E-state index in [2.05, 4.69) is 6.92 Å². The van der Waals surface area contributed by atoms with Gasteiger partial charge in [0.1, 0.15) is 11.9 Å². The summed E-state index contributed by atoms with van der Waals surface area (Å²) in [7, 11) is 0. The SMILES string of the molecule is C[C@H](c1ccc(F)cc1)[C@H]1COC2(OO1)C1CC3CC(C1)CC2C3. The Kier molecular flexibility index (Phi) is 3.52. The standard InChI is InChI=1S/C20H25FO3/c1-12(15-2-4-18(21)5-3-15)19-11-22-20(24-23-19)16-7-13-6-14(9-16)10-17(20)8-13/h2-5,12-14,16-17,19H,6-11H2,1H3/t12-,13?,14?,16?,17?,19-,20?/m1/s1. The van der Waals surface area contributed by atoms with Crippen molar-refractivity contribution in [3.63, 3.8) is 0 Å². The van der Waals surface area contributed by atoms with Crippen LogP contribution in [0.3, 0.4) is 0 Å². The molecule has 3 nitrogen and oxygen atoms in total. The quantitative estimate of drug-likeness (QED) is 0.750. The third kappa shape index (κ3) is 2.27. The Labute approximate surface area is 142 Å². The Morgan fingerprint density at radius 2 is 1.62 bits per heavy atom. The molecule has 1 spiro atoms. The molecule has 4 bridgehead atoms. The fourth-order valence-electron chi connectivity index (χ4n) is 5.82. The minimum atomic E-state index is -0.494. The van der Waals surface area contributed by atoms with Crippen LogP contribution in [0, 0.1) is 29.5 Å². The minimum absolute atomic E-state index is 0.111. The van der Waals surface area contributed by atoms with E-state index in [1.165, 1.54) is 44.2 Å². The maximum absolute atomic E-state index is 13.1. The van der Waals surface area contributed by atoms with Crippen molar-refractivity contribution in [2.24, 2.45) is 23.7 Å². The number of hydrogen-bond donors (Lipinski definition) is 0. The molecule has 130 valence electrons. The fourth-order valence-corrected chi connectivity index (χ4v) is 5.82. The van der Waals surface area contributed by atoms with Crippen molar-refractivity contribution in [2.75, 3.05) is 6.61 Å². The highest BCUT2D eigenvalue weighted by Crippen LogP contribution is 2.60. The van der Waals surface area contributed by atoms with Crippen LogP contribution in [0.4, 0.5) is 4.39 Å². The van der Waals surface area contributed by atoms with Gasteiger partial charge < -0.3 is 4.74 Å². The van der Waals surface area contributed by atoms with Gasteiger partial charge in [0, 0.05) is 17.8 Å². The molecule has 0 aromatic heterocycles. The monoisotopic (exact) mass is 332 g/mol. The van der Waals surface area contributed by atoms with Crippen molar-refractivity contribution < 1.29 is 18.9 Å². The summed E-state index contributed by atoms with van der Waals surface area (Å²) in [5, 5.41) is 0. The molecule has 5 fully saturated rings. The van der Waals surface area contributed by atoms with Gasteiger partial charge in [0.25, 0.3) is 0 Å². The van der Waals surface area contributed by atoms with Crippen molar-refractivity contribution in [3.05, 3.63) is 35.6 Å². The molecule has 0 N–H and O–H groups in total. The van der Waals surface area contributed by atoms with E-state index in [9.17, 15) is 4.39 Å². The first-order chi connectivity index (χ1) is 11.6. The van der Waals surface area contributed by atoms with Gasteiger partial charge in [0.2, 0.25) is 5.79 Å². The Hall–Kier alpha value is -0.970.